The Balaban J connectivity index is 2.30. The lowest BCUT2D eigenvalue weighted by atomic mass is 9.87. The molecule has 0 amide bonds. The van der Waals surface area contributed by atoms with E-state index in [9.17, 15) is 0 Å². The lowest BCUT2D eigenvalue weighted by Gasteiger charge is -2.25. The molecule has 0 aromatic carbocycles. The van der Waals surface area contributed by atoms with Gasteiger partial charge in [-0.1, -0.05) is 20.8 Å². The summed E-state index contributed by atoms with van der Waals surface area (Å²) in [5.74, 6) is 0. The van der Waals surface area contributed by atoms with E-state index in [0.717, 1.165) is 0 Å². The summed E-state index contributed by atoms with van der Waals surface area (Å²) in [5.41, 5.74) is 4.64. The zero-order chi connectivity index (χ0) is 9.19. The number of hydrogen-bond acceptors (Lipinski definition) is 0. The third-order valence-electron chi connectivity index (χ3n) is 3.07. The van der Waals surface area contributed by atoms with Gasteiger partial charge in [0.25, 0.3) is 0 Å². The van der Waals surface area contributed by atoms with Gasteiger partial charge in [-0.3, -0.25) is 0 Å². The Morgan fingerprint density at radius 3 is 2.17 bits per heavy atom. The van der Waals surface area contributed by atoms with Crippen LogP contribution in [0, 0.1) is 5.41 Å². The summed E-state index contributed by atoms with van der Waals surface area (Å²) in [4.78, 5) is 1.77. The van der Waals surface area contributed by atoms with Crippen LogP contribution in [-0.4, -0.2) is 25.7 Å². The maximum Gasteiger partial charge on any atom is 0.139 e. The molecule has 1 rings (SSSR count). The third-order valence-corrected chi connectivity index (χ3v) is 3.07. The Morgan fingerprint density at radius 1 is 1.25 bits per heavy atom. The van der Waals surface area contributed by atoms with E-state index in [0.29, 0.717) is 11.5 Å². The standard InChI is InChI=1S/C10H22N2/c1-10(2,3)9(11)8-12-6-4-5-7-12/h9H,4-8,11H2,1-3H3/p+2/t9-/m0/s1. The molecule has 1 aliphatic rings. The SMILES string of the molecule is CC(C)(C)[C@@H]([NH3+])C[NH+]1CCCC1. The fourth-order valence-electron chi connectivity index (χ4n) is 1.73. The van der Waals surface area contributed by atoms with E-state index >= 15 is 0 Å². The van der Waals surface area contributed by atoms with Gasteiger partial charge in [-0.15, -0.1) is 0 Å². The normalized spacial score (nSPS) is 23.0. The first-order valence-corrected chi connectivity index (χ1v) is 5.17. The second-order valence-corrected chi connectivity index (χ2v) is 5.22. The molecule has 72 valence electrons. The number of rotatable bonds is 2. The molecule has 2 nitrogen and oxygen atoms in total. The van der Waals surface area contributed by atoms with Gasteiger partial charge < -0.3 is 10.6 Å². The minimum absolute atomic E-state index is 0.385. The second kappa shape index (κ2) is 3.75. The van der Waals surface area contributed by atoms with Gasteiger partial charge in [0.2, 0.25) is 0 Å². The molecule has 12 heavy (non-hydrogen) atoms. The van der Waals surface area contributed by atoms with Crippen molar-refractivity contribution in [3.63, 3.8) is 0 Å². The highest BCUT2D eigenvalue weighted by molar-refractivity contribution is 4.70. The summed E-state index contributed by atoms with van der Waals surface area (Å²) in [6.07, 6.45) is 2.85. The fourth-order valence-corrected chi connectivity index (χ4v) is 1.73. The summed E-state index contributed by atoms with van der Waals surface area (Å²) >= 11 is 0. The molecule has 0 spiro atoms. The molecule has 4 N–H and O–H groups in total. The van der Waals surface area contributed by atoms with Crippen LogP contribution in [0.25, 0.3) is 0 Å². The maximum atomic E-state index is 4.25. The monoisotopic (exact) mass is 172 g/mol. The number of likely N-dealkylation sites (tertiary alicyclic amines) is 1. The predicted molar refractivity (Wildman–Crippen MR) is 50.9 cm³/mol. The predicted octanol–water partition coefficient (Wildman–Crippen LogP) is -0.678. The van der Waals surface area contributed by atoms with Crippen molar-refractivity contribution in [1.82, 2.24) is 0 Å². The van der Waals surface area contributed by atoms with Crippen molar-refractivity contribution < 1.29 is 10.6 Å². The van der Waals surface area contributed by atoms with Gasteiger partial charge in [-0.25, -0.2) is 0 Å². The molecule has 1 aliphatic heterocycles. The van der Waals surface area contributed by atoms with Crippen molar-refractivity contribution in [2.24, 2.45) is 5.41 Å². The van der Waals surface area contributed by atoms with E-state index in [2.05, 4.69) is 26.5 Å². The number of nitrogens with one attached hydrogen (secondary N) is 1. The first kappa shape index (κ1) is 10.0. The zero-order valence-corrected chi connectivity index (χ0v) is 8.82. The molecule has 0 aliphatic carbocycles. The molecule has 1 saturated heterocycles. The highest BCUT2D eigenvalue weighted by Gasteiger charge is 2.29. The quantitative estimate of drug-likeness (QED) is 0.553. The van der Waals surface area contributed by atoms with Crippen LogP contribution >= 0.6 is 0 Å². The number of hydrogen-bond donors (Lipinski definition) is 2. The lowest BCUT2D eigenvalue weighted by molar-refractivity contribution is -0.898. The minimum atomic E-state index is 0.385. The Labute approximate surface area is 76.1 Å². The molecule has 1 atom stereocenters. The van der Waals surface area contributed by atoms with E-state index < -0.39 is 0 Å². The van der Waals surface area contributed by atoms with Crippen LogP contribution in [0.1, 0.15) is 33.6 Å². The Morgan fingerprint density at radius 2 is 1.75 bits per heavy atom. The largest absolute Gasteiger partial charge is 0.350 e. The minimum Gasteiger partial charge on any atom is -0.350 e. The van der Waals surface area contributed by atoms with Gasteiger partial charge in [0.1, 0.15) is 12.6 Å². The fraction of sp³-hybridized carbons (Fsp3) is 1.00. The van der Waals surface area contributed by atoms with Crippen molar-refractivity contribution in [3.8, 4) is 0 Å². The van der Waals surface area contributed by atoms with Crippen LogP contribution in [0.4, 0.5) is 0 Å². The topological polar surface area (TPSA) is 32.1 Å². The van der Waals surface area contributed by atoms with Crippen LogP contribution in [0.15, 0.2) is 0 Å². The molecule has 0 bridgehead atoms. The first-order chi connectivity index (χ1) is 5.50. The zero-order valence-electron chi connectivity index (χ0n) is 8.82. The van der Waals surface area contributed by atoms with Gasteiger partial charge in [0.05, 0.1) is 13.1 Å². The lowest BCUT2D eigenvalue weighted by Crippen LogP contribution is -3.13. The summed E-state index contributed by atoms with van der Waals surface area (Å²) < 4.78 is 0. The molecule has 1 fully saturated rings. The Bertz CT molecular complexity index is 131. The average molecular weight is 172 g/mol. The van der Waals surface area contributed by atoms with E-state index in [1.54, 1.807) is 4.90 Å². The number of quaternary nitrogens is 2. The smallest absolute Gasteiger partial charge is 0.139 e. The summed E-state index contributed by atoms with van der Waals surface area (Å²) in [6.45, 7) is 10.9. The molecule has 1 heterocycles. The summed E-state index contributed by atoms with van der Waals surface area (Å²) in [6, 6.07) is 0.602. The molecule has 0 radical (unpaired) electrons. The van der Waals surface area contributed by atoms with Gasteiger partial charge in [0.15, 0.2) is 0 Å². The Kier molecular flexibility index (Phi) is 3.13. The van der Waals surface area contributed by atoms with Crippen molar-refractivity contribution in [3.05, 3.63) is 0 Å². The van der Waals surface area contributed by atoms with E-state index in [1.807, 2.05) is 0 Å². The van der Waals surface area contributed by atoms with E-state index in [-0.39, 0.29) is 0 Å². The molecular formula is C10H24N2+2. The van der Waals surface area contributed by atoms with Crippen molar-refractivity contribution in [1.29, 1.82) is 0 Å². The molecule has 0 aromatic heterocycles. The molecule has 0 unspecified atom stereocenters. The van der Waals surface area contributed by atoms with E-state index in [1.165, 1.54) is 32.5 Å². The van der Waals surface area contributed by atoms with Crippen LogP contribution in [0.5, 0.6) is 0 Å². The van der Waals surface area contributed by atoms with Crippen molar-refractivity contribution >= 4 is 0 Å². The van der Waals surface area contributed by atoms with Gasteiger partial charge in [-0.2, -0.15) is 0 Å². The summed E-state index contributed by atoms with van der Waals surface area (Å²) in [5, 5.41) is 0. The molecule has 0 aromatic rings. The van der Waals surface area contributed by atoms with Crippen LogP contribution in [-0.2, 0) is 0 Å². The maximum absolute atomic E-state index is 4.25. The van der Waals surface area contributed by atoms with Gasteiger partial charge in [0, 0.05) is 18.3 Å². The molecular weight excluding hydrogens is 148 g/mol. The highest BCUT2D eigenvalue weighted by atomic mass is 15.1. The second-order valence-electron chi connectivity index (χ2n) is 5.22. The van der Waals surface area contributed by atoms with E-state index in [4.69, 9.17) is 0 Å². The van der Waals surface area contributed by atoms with Crippen LogP contribution < -0.4 is 10.6 Å². The van der Waals surface area contributed by atoms with Crippen molar-refractivity contribution in [2.45, 2.75) is 39.7 Å². The Hall–Kier alpha value is -0.0800. The first-order valence-electron chi connectivity index (χ1n) is 5.17. The summed E-state index contributed by atoms with van der Waals surface area (Å²) in [7, 11) is 0. The average Bonchev–Trinajstić information content (AvgIpc) is 2.37. The highest BCUT2D eigenvalue weighted by Crippen LogP contribution is 2.14. The molecule has 2 heteroatoms. The van der Waals surface area contributed by atoms with Crippen LogP contribution in [0.3, 0.4) is 0 Å². The third kappa shape index (κ3) is 2.76. The molecule has 0 saturated carbocycles. The van der Waals surface area contributed by atoms with Crippen molar-refractivity contribution in [2.75, 3.05) is 19.6 Å². The van der Waals surface area contributed by atoms with Gasteiger partial charge in [-0.05, 0) is 0 Å². The van der Waals surface area contributed by atoms with Gasteiger partial charge >= 0.3 is 0 Å². The van der Waals surface area contributed by atoms with Crippen LogP contribution in [0.2, 0.25) is 0 Å².